The summed E-state index contributed by atoms with van der Waals surface area (Å²) in [7, 11) is 1.92. The highest BCUT2D eigenvalue weighted by molar-refractivity contribution is 9.08. The van der Waals surface area contributed by atoms with Crippen LogP contribution in [0, 0.1) is 5.82 Å². The van der Waals surface area contributed by atoms with E-state index in [0.29, 0.717) is 10.6 Å². The molecule has 2 rings (SSSR count). The van der Waals surface area contributed by atoms with Crippen molar-refractivity contribution in [3.63, 3.8) is 0 Å². The van der Waals surface area contributed by atoms with Crippen LogP contribution in [0.15, 0.2) is 42.5 Å². The van der Waals surface area contributed by atoms with E-state index in [1.165, 1.54) is 6.07 Å². The van der Waals surface area contributed by atoms with Gasteiger partial charge in [-0.1, -0.05) is 51.8 Å². The molecule has 0 radical (unpaired) electrons. The van der Waals surface area contributed by atoms with Gasteiger partial charge in [0.2, 0.25) is 0 Å². The lowest BCUT2D eigenvalue weighted by atomic mass is 10.1. The fraction of sp³-hybridized carbons (Fsp3) is 0.250. The third-order valence-electron chi connectivity index (χ3n) is 3.48. The standard InChI is InChI=1S/C16H16BrClFN/c1-11(13-5-3-4-6-15(13)19)20(2)16-8-7-12(10-17)9-14(16)18/h3-9,11H,10H2,1-2H3. The van der Waals surface area contributed by atoms with Crippen LogP contribution in [0.5, 0.6) is 0 Å². The van der Waals surface area contributed by atoms with Crippen LogP contribution in [0.3, 0.4) is 0 Å². The second-order valence-electron chi connectivity index (χ2n) is 4.73. The number of hydrogen-bond acceptors (Lipinski definition) is 1. The van der Waals surface area contributed by atoms with Crippen molar-refractivity contribution in [3.05, 3.63) is 64.4 Å². The molecule has 0 N–H and O–H groups in total. The average Bonchev–Trinajstić information content (AvgIpc) is 2.46. The molecule has 106 valence electrons. The number of nitrogens with zero attached hydrogens (tertiary/aromatic N) is 1. The number of benzene rings is 2. The summed E-state index contributed by atoms with van der Waals surface area (Å²) in [4.78, 5) is 1.98. The van der Waals surface area contributed by atoms with Crippen LogP contribution >= 0.6 is 27.5 Å². The van der Waals surface area contributed by atoms with Gasteiger partial charge in [-0.2, -0.15) is 0 Å². The van der Waals surface area contributed by atoms with Crippen molar-refractivity contribution in [2.75, 3.05) is 11.9 Å². The van der Waals surface area contributed by atoms with Crippen LogP contribution in [-0.2, 0) is 5.33 Å². The first-order valence-corrected chi connectivity index (χ1v) is 7.86. The van der Waals surface area contributed by atoms with Crippen LogP contribution in [0.4, 0.5) is 10.1 Å². The van der Waals surface area contributed by atoms with Gasteiger partial charge in [-0.05, 0) is 30.7 Å². The lowest BCUT2D eigenvalue weighted by molar-refractivity contribution is 0.585. The summed E-state index contributed by atoms with van der Waals surface area (Å²) in [6.45, 7) is 1.97. The molecule has 1 atom stereocenters. The molecule has 0 aliphatic carbocycles. The molecule has 1 nitrogen and oxygen atoms in total. The van der Waals surface area contributed by atoms with Crippen LogP contribution in [-0.4, -0.2) is 7.05 Å². The molecule has 0 bridgehead atoms. The van der Waals surface area contributed by atoms with Crippen LogP contribution in [0.2, 0.25) is 5.02 Å². The summed E-state index contributed by atoms with van der Waals surface area (Å²) in [6.07, 6.45) is 0. The number of anilines is 1. The second kappa shape index (κ2) is 6.59. The van der Waals surface area contributed by atoms with Crippen molar-refractivity contribution in [1.82, 2.24) is 0 Å². The van der Waals surface area contributed by atoms with E-state index in [9.17, 15) is 4.39 Å². The molecule has 1 unspecified atom stereocenters. The van der Waals surface area contributed by atoms with E-state index < -0.39 is 0 Å². The van der Waals surface area contributed by atoms with Gasteiger partial charge in [0.15, 0.2) is 0 Å². The van der Waals surface area contributed by atoms with E-state index in [0.717, 1.165) is 16.6 Å². The highest BCUT2D eigenvalue weighted by Gasteiger charge is 2.17. The molecule has 0 heterocycles. The zero-order chi connectivity index (χ0) is 14.7. The van der Waals surface area contributed by atoms with Crippen molar-refractivity contribution in [2.45, 2.75) is 18.3 Å². The fourth-order valence-corrected chi connectivity index (χ4v) is 2.84. The van der Waals surface area contributed by atoms with Crippen molar-refractivity contribution in [3.8, 4) is 0 Å². The smallest absolute Gasteiger partial charge is 0.128 e. The molecule has 0 saturated carbocycles. The summed E-state index contributed by atoms with van der Waals surface area (Å²) in [5.74, 6) is -0.194. The van der Waals surface area contributed by atoms with E-state index >= 15 is 0 Å². The third kappa shape index (κ3) is 3.15. The molecule has 0 fully saturated rings. The number of alkyl halides is 1. The maximum absolute atomic E-state index is 13.9. The van der Waals surface area contributed by atoms with E-state index in [4.69, 9.17) is 11.6 Å². The lowest BCUT2D eigenvalue weighted by Crippen LogP contribution is -2.22. The van der Waals surface area contributed by atoms with Gasteiger partial charge < -0.3 is 4.90 Å². The number of rotatable bonds is 4. The molecule has 0 aliphatic heterocycles. The van der Waals surface area contributed by atoms with Crippen LogP contribution in [0.1, 0.15) is 24.1 Å². The molecule has 0 aliphatic rings. The van der Waals surface area contributed by atoms with Gasteiger partial charge in [-0.15, -0.1) is 0 Å². The Bertz CT molecular complexity index is 603. The van der Waals surface area contributed by atoms with Crippen LogP contribution < -0.4 is 4.90 Å². The highest BCUT2D eigenvalue weighted by Crippen LogP contribution is 2.33. The summed E-state index contributed by atoms with van der Waals surface area (Å²) in [5.41, 5.74) is 2.67. The van der Waals surface area contributed by atoms with Crippen molar-refractivity contribution < 1.29 is 4.39 Å². The average molecular weight is 357 g/mol. The molecule has 0 saturated heterocycles. The minimum atomic E-state index is -0.194. The van der Waals surface area contributed by atoms with Gasteiger partial charge >= 0.3 is 0 Å². The highest BCUT2D eigenvalue weighted by atomic mass is 79.9. The maximum atomic E-state index is 13.9. The molecule has 0 spiro atoms. The predicted molar refractivity (Wildman–Crippen MR) is 87.3 cm³/mol. The van der Waals surface area contributed by atoms with Crippen molar-refractivity contribution in [2.24, 2.45) is 0 Å². The Morgan fingerprint density at radius 1 is 1.25 bits per heavy atom. The van der Waals surface area contributed by atoms with Crippen molar-refractivity contribution >= 4 is 33.2 Å². The predicted octanol–water partition coefficient (Wildman–Crippen LogP) is 5.57. The summed E-state index contributed by atoms with van der Waals surface area (Å²) in [6, 6.07) is 12.6. The normalized spacial score (nSPS) is 12.2. The Balaban J connectivity index is 2.31. The van der Waals surface area contributed by atoms with Gasteiger partial charge in [0.05, 0.1) is 16.8 Å². The maximum Gasteiger partial charge on any atom is 0.128 e. The third-order valence-corrected chi connectivity index (χ3v) is 4.43. The summed E-state index contributed by atoms with van der Waals surface area (Å²) in [5, 5.41) is 1.44. The SMILES string of the molecule is CC(c1ccccc1F)N(C)c1ccc(CBr)cc1Cl. The summed E-state index contributed by atoms with van der Waals surface area (Å²) < 4.78 is 13.9. The van der Waals surface area contributed by atoms with Gasteiger partial charge in [0.25, 0.3) is 0 Å². The Labute approximate surface area is 132 Å². The molecule has 0 amide bonds. The minimum absolute atomic E-state index is 0.0940. The zero-order valence-corrected chi connectivity index (χ0v) is 13.7. The first-order chi connectivity index (χ1) is 9.54. The number of halogens is 3. The second-order valence-corrected chi connectivity index (χ2v) is 5.70. The molecular formula is C16H16BrClFN. The van der Waals surface area contributed by atoms with E-state index in [1.54, 1.807) is 12.1 Å². The quantitative estimate of drug-likeness (QED) is 0.647. The Morgan fingerprint density at radius 2 is 1.95 bits per heavy atom. The largest absolute Gasteiger partial charge is 0.367 e. The van der Waals surface area contributed by atoms with Gasteiger partial charge in [-0.3, -0.25) is 0 Å². The van der Waals surface area contributed by atoms with Crippen molar-refractivity contribution in [1.29, 1.82) is 0 Å². The Hall–Kier alpha value is -1.06. The Kier molecular flexibility index (Phi) is 5.06. The van der Waals surface area contributed by atoms with Crippen LogP contribution in [0.25, 0.3) is 0 Å². The fourth-order valence-electron chi connectivity index (χ4n) is 2.15. The lowest BCUT2D eigenvalue weighted by Gasteiger charge is -2.28. The van der Waals surface area contributed by atoms with Gasteiger partial charge in [0.1, 0.15) is 5.82 Å². The topological polar surface area (TPSA) is 3.24 Å². The van der Waals surface area contributed by atoms with E-state index in [-0.39, 0.29) is 11.9 Å². The number of hydrogen-bond donors (Lipinski definition) is 0. The molecule has 20 heavy (non-hydrogen) atoms. The molecular weight excluding hydrogens is 341 g/mol. The van der Waals surface area contributed by atoms with E-state index in [2.05, 4.69) is 15.9 Å². The monoisotopic (exact) mass is 355 g/mol. The Morgan fingerprint density at radius 3 is 2.55 bits per heavy atom. The first kappa shape index (κ1) is 15.3. The molecule has 2 aromatic rings. The summed E-state index contributed by atoms with van der Waals surface area (Å²) >= 11 is 9.72. The van der Waals surface area contributed by atoms with E-state index in [1.807, 2.05) is 43.1 Å². The molecule has 2 aromatic carbocycles. The first-order valence-electron chi connectivity index (χ1n) is 6.36. The zero-order valence-electron chi connectivity index (χ0n) is 11.4. The molecule has 4 heteroatoms. The minimum Gasteiger partial charge on any atom is -0.367 e. The molecule has 0 aromatic heterocycles. The van der Waals surface area contributed by atoms with Gasteiger partial charge in [0, 0.05) is 17.9 Å². The van der Waals surface area contributed by atoms with Gasteiger partial charge in [-0.25, -0.2) is 4.39 Å².